The predicted molar refractivity (Wildman–Crippen MR) is 121 cm³/mol. The highest BCUT2D eigenvalue weighted by Gasteiger charge is 2.34. The van der Waals surface area contributed by atoms with Crippen molar-refractivity contribution in [2.45, 2.75) is 19.9 Å². The molecule has 0 saturated heterocycles. The number of aromatic nitrogens is 2. The van der Waals surface area contributed by atoms with Crippen LogP contribution >= 0.6 is 34.5 Å². The third kappa shape index (κ3) is 4.08. The molecule has 4 rings (SSSR count). The summed E-state index contributed by atoms with van der Waals surface area (Å²) in [6.07, 6.45) is 5.08. The van der Waals surface area contributed by atoms with Crippen LogP contribution in [0.2, 0.25) is 10.0 Å². The molecular weight excluding hydrogens is 457 g/mol. The molecule has 1 aliphatic heterocycles. The van der Waals surface area contributed by atoms with Gasteiger partial charge in [0.05, 0.1) is 22.4 Å². The fourth-order valence-corrected chi connectivity index (χ4v) is 4.98. The minimum Gasteiger partial charge on any atom is -0.463 e. The maximum absolute atomic E-state index is 13.4. The fourth-order valence-electron chi connectivity index (χ4n) is 3.42. The van der Waals surface area contributed by atoms with Gasteiger partial charge in [-0.1, -0.05) is 46.7 Å². The molecule has 0 radical (unpaired) electrons. The summed E-state index contributed by atoms with van der Waals surface area (Å²) in [7, 11) is 0. The number of benzene rings is 1. The van der Waals surface area contributed by atoms with Crippen molar-refractivity contribution in [2.75, 3.05) is 6.61 Å². The second-order valence-electron chi connectivity index (χ2n) is 6.75. The van der Waals surface area contributed by atoms with Gasteiger partial charge in [-0.3, -0.25) is 14.3 Å². The second kappa shape index (κ2) is 8.78. The van der Waals surface area contributed by atoms with E-state index in [0.29, 0.717) is 30.6 Å². The number of ether oxygens (including phenoxy) is 1. The Hall–Kier alpha value is -2.74. The highest BCUT2D eigenvalue weighted by Crippen LogP contribution is 2.35. The molecule has 1 atom stereocenters. The van der Waals surface area contributed by atoms with Crippen LogP contribution in [-0.2, 0) is 9.53 Å². The van der Waals surface area contributed by atoms with E-state index in [0.717, 1.165) is 5.56 Å². The maximum Gasteiger partial charge on any atom is 0.338 e. The molecule has 0 fully saturated rings. The van der Waals surface area contributed by atoms with Crippen molar-refractivity contribution < 1.29 is 9.53 Å². The van der Waals surface area contributed by atoms with E-state index >= 15 is 0 Å². The Bertz CT molecular complexity index is 1380. The van der Waals surface area contributed by atoms with Gasteiger partial charge in [0.1, 0.15) is 6.04 Å². The van der Waals surface area contributed by atoms with Gasteiger partial charge in [0.25, 0.3) is 5.56 Å². The van der Waals surface area contributed by atoms with E-state index in [2.05, 4.69) is 9.98 Å². The van der Waals surface area contributed by atoms with E-state index in [-0.39, 0.29) is 17.7 Å². The van der Waals surface area contributed by atoms with Crippen molar-refractivity contribution in [2.24, 2.45) is 4.99 Å². The van der Waals surface area contributed by atoms with Crippen molar-refractivity contribution in [1.82, 2.24) is 9.55 Å². The molecule has 158 valence electrons. The normalized spacial score (nSPS) is 16.1. The van der Waals surface area contributed by atoms with Crippen LogP contribution in [0.25, 0.3) is 6.08 Å². The highest BCUT2D eigenvalue weighted by atomic mass is 35.5. The van der Waals surface area contributed by atoms with Gasteiger partial charge in [0, 0.05) is 22.4 Å². The van der Waals surface area contributed by atoms with E-state index in [4.69, 9.17) is 27.9 Å². The fraction of sp³-hybridized carbons (Fsp3) is 0.182. The zero-order chi connectivity index (χ0) is 22.1. The van der Waals surface area contributed by atoms with Crippen molar-refractivity contribution in [3.8, 4) is 0 Å². The van der Waals surface area contributed by atoms with Gasteiger partial charge in [-0.15, -0.1) is 0 Å². The van der Waals surface area contributed by atoms with Gasteiger partial charge in [0.15, 0.2) is 4.80 Å². The predicted octanol–water partition coefficient (Wildman–Crippen LogP) is 3.50. The van der Waals surface area contributed by atoms with Crippen LogP contribution in [0.5, 0.6) is 0 Å². The smallest absolute Gasteiger partial charge is 0.338 e. The minimum absolute atomic E-state index is 0.197. The summed E-state index contributed by atoms with van der Waals surface area (Å²) in [6, 6.07) is 7.84. The van der Waals surface area contributed by atoms with Crippen LogP contribution in [0.4, 0.5) is 0 Å². The third-order valence-corrected chi connectivity index (χ3v) is 6.30. The molecule has 0 unspecified atom stereocenters. The van der Waals surface area contributed by atoms with Gasteiger partial charge in [-0.2, -0.15) is 0 Å². The molecule has 3 heterocycles. The Morgan fingerprint density at radius 1 is 1.32 bits per heavy atom. The first-order valence-electron chi connectivity index (χ1n) is 9.45. The molecule has 1 aromatic carbocycles. The standard InChI is InChI=1S/C22H17Cl2N3O3S/c1-3-30-21(29)18-12(2)26-22-27(19(18)15-7-6-14(23)10-16(15)24)20(28)17(31-22)9-13-5-4-8-25-11-13/h4-11,19H,3H2,1-2H3/b17-9-/t19-/m0/s1. The van der Waals surface area contributed by atoms with E-state index in [1.807, 2.05) is 6.07 Å². The molecule has 2 aromatic heterocycles. The van der Waals surface area contributed by atoms with Crippen LogP contribution in [-0.4, -0.2) is 22.1 Å². The number of carbonyl (C=O) groups excluding carboxylic acids is 1. The molecule has 9 heteroatoms. The van der Waals surface area contributed by atoms with Crippen LogP contribution in [0.3, 0.4) is 0 Å². The lowest BCUT2D eigenvalue weighted by atomic mass is 9.96. The number of pyridine rings is 1. The lowest BCUT2D eigenvalue weighted by Crippen LogP contribution is -2.40. The number of thiazole rings is 1. The molecule has 3 aromatic rings. The number of nitrogens with zero attached hydrogens (tertiary/aromatic N) is 3. The first-order chi connectivity index (χ1) is 14.9. The van der Waals surface area contributed by atoms with Crippen molar-refractivity contribution in [3.63, 3.8) is 0 Å². The van der Waals surface area contributed by atoms with Crippen molar-refractivity contribution in [3.05, 3.63) is 94.9 Å². The minimum atomic E-state index is -0.781. The molecule has 6 nitrogen and oxygen atoms in total. The highest BCUT2D eigenvalue weighted by molar-refractivity contribution is 7.07. The molecule has 31 heavy (non-hydrogen) atoms. The molecular formula is C22H17Cl2N3O3S. The number of esters is 1. The Kier molecular flexibility index (Phi) is 6.09. The first kappa shape index (κ1) is 21.5. The molecule has 0 saturated carbocycles. The Morgan fingerprint density at radius 3 is 2.81 bits per heavy atom. The molecule has 1 aliphatic rings. The number of hydrogen-bond donors (Lipinski definition) is 0. The summed E-state index contributed by atoms with van der Waals surface area (Å²) in [5.74, 6) is -0.540. The number of fused-ring (bicyclic) bond motifs is 1. The summed E-state index contributed by atoms with van der Waals surface area (Å²) in [6.45, 7) is 3.64. The third-order valence-electron chi connectivity index (χ3n) is 4.76. The Morgan fingerprint density at radius 2 is 2.13 bits per heavy atom. The largest absolute Gasteiger partial charge is 0.463 e. The Labute approximate surface area is 191 Å². The molecule has 0 aliphatic carbocycles. The zero-order valence-electron chi connectivity index (χ0n) is 16.6. The van der Waals surface area contributed by atoms with Crippen LogP contribution in [0.15, 0.2) is 63.8 Å². The number of allylic oxidation sites excluding steroid dienone is 1. The summed E-state index contributed by atoms with van der Waals surface area (Å²) >= 11 is 13.8. The van der Waals surface area contributed by atoms with E-state index in [1.54, 1.807) is 56.6 Å². The number of carbonyl (C=O) groups is 1. The topological polar surface area (TPSA) is 73.6 Å². The van der Waals surface area contributed by atoms with E-state index < -0.39 is 12.0 Å². The van der Waals surface area contributed by atoms with Gasteiger partial charge in [-0.05, 0) is 49.2 Å². The van der Waals surface area contributed by atoms with Gasteiger partial charge in [0.2, 0.25) is 0 Å². The second-order valence-corrected chi connectivity index (χ2v) is 8.61. The van der Waals surface area contributed by atoms with Gasteiger partial charge >= 0.3 is 5.97 Å². The van der Waals surface area contributed by atoms with Gasteiger partial charge in [-0.25, -0.2) is 9.79 Å². The first-order valence-corrected chi connectivity index (χ1v) is 11.0. The summed E-state index contributed by atoms with van der Waals surface area (Å²) in [5.41, 5.74) is 1.82. The summed E-state index contributed by atoms with van der Waals surface area (Å²) in [4.78, 5) is 35.4. The number of rotatable bonds is 4. The average molecular weight is 474 g/mol. The maximum atomic E-state index is 13.4. The number of hydrogen-bond acceptors (Lipinski definition) is 6. The molecule has 0 amide bonds. The monoisotopic (exact) mass is 473 g/mol. The summed E-state index contributed by atoms with van der Waals surface area (Å²) in [5, 5.41) is 0.798. The van der Waals surface area contributed by atoms with Gasteiger partial charge < -0.3 is 4.74 Å². The molecule has 0 spiro atoms. The van der Waals surface area contributed by atoms with Crippen molar-refractivity contribution in [1.29, 1.82) is 0 Å². The average Bonchev–Trinajstić information content (AvgIpc) is 3.03. The molecule has 0 N–H and O–H groups in total. The van der Waals surface area contributed by atoms with Crippen LogP contribution in [0.1, 0.15) is 31.0 Å². The molecule has 0 bridgehead atoms. The SMILES string of the molecule is CCOC(=O)C1=C(C)N=c2s/c(=C\c3cccnc3)c(=O)n2[C@H]1c1ccc(Cl)cc1Cl. The Balaban J connectivity index is 2.00. The van der Waals surface area contributed by atoms with Crippen LogP contribution < -0.4 is 14.9 Å². The zero-order valence-corrected chi connectivity index (χ0v) is 19.0. The number of halogens is 2. The quantitative estimate of drug-likeness (QED) is 0.543. The summed E-state index contributed by atoms with van der Waals surface area (Å²) < 4.78 is 7.23. The van der Waals surface area contributed by atoms with E-state index in [1.165, 1.54) is 15.9 Å². The van der Waals surface area contributed by atoms with Crippen LogP contribution in [0, 0.1) is 0 Å². The lowest BCUT2D eigenvalue weighted by molar-refractivity contribution is -0.139. The van der Waals surface area contributed by atoms with E-state index in [9.17, 15) is 9.59 Å². The lowest BCUT2D eigenvalue weighted by Gasteiger charge is -2.25. The van der Waals surface area contributed by atoms with Crippen molar-refractivity contribution >= 4 is 46.6 Å².